The Balaban J connectivity index is 1.25. The van der Waals surface area contributed by atoms with Crippen LogP contribution in [0.4, 0.5) is 5.69 Å². The van der Waals surface area contributed by atoms with Gasteiger partial charge >= 0.3 is 0 Å². The summed E-state index contributed by atoms with van der Waals surface area (Å²) in [5, 5.41) is 0. The van der Waals surface area contributed by atoms with Crippen LogP contribution in [0, 0.1) is 0 Å². The fourth-order valence-electron chi connectivity index (χ4n) is 6.68. The molecule has 0 spiro atoms. The Morgan fingerprint density at radius 1 is 0.805 bits per heavy atom. The SMILES string of the molecule is CC1(C)O[C@@H]2[C@H](O1)[C@@H](COC(c1ccccc1)(c1ccccc1)c1ccccc1)O[C@@H]2N1CCc2cc(Br)ccc21. The molecule has 5 nitrogen and oxygen atoms in total. The van der Waals surface area contributed by atoms with Crippen LogP contribution in [-0.2, 0) is 31.0 Å². The predicted molar refractivity (Wildman–Crippen MR) is 163 cm³/mol. The molecule has 3 aliphatic heterocycles. The van der Waals surface area contributed by atoms with Crippen molar-refractivity contribution in [1.29, 1.82) is 0 Å². The van der Waals surface area contributed by atoms with Crippen molar-refractivity contribution in [1.82, 2.24) is 0 Å². The first kappa shape index (κ1) is 26.9. The number of benzene rings is 4. The second-order valence-corrected chi connectivity index (χ2v) is 12.4. The fourth-order valence-corrected chi connectivity index (χ4v) is 7.09. The Hall–Kier alpha value is -3.00. The van der Waals surface area contributed by atoms with E-state index in [1.807, 2.05) is 32.0 Å². The van der Waals surface area contributed by atoms with E-state index in [4.69, 9.17) is 18.9 Å². The molecule has 6 heteroatoms. The van der Waals surface area contributed by atoms with Gasteiger partial charge in [-0.25, -0.2) is 0 Å². The van der Waals surface area contributed by atoms with Gasteiger partial charge in [-0.3, -0.25) is 0 Å². The maximum Gasteiger partial charge on any atom is 0.164 e. The van der Waals surface area contributed by atoms with Crippen molar-refractivity contribution in [2.75, 3.05) is 18.1 Å². The first-order valence-corrected chi connectivity index (χ1v) is 15.1. The maximum absolute atomic E-state index is 7.16. The van der Waals surface area contributed by atoms with Gasteiger partial charge in [-0.15, -0.1) is 0 Å². The van der Waals surface area contributed by atoms with Crippen LogP contribution in [0.3, 0.4) is 0 Å². The van der Waals surface area contributed by atoms with Crippen LogP contribution < -0.4 is 4.90 Å². The van der Waals surface area contributed by atoms with Crippen LogP contribution in [0.25, 0.3) is 0 Å². The van der Waals surface area contributed by atoms with E-state index in [9.17, 15) is 0 Å². The van der Waals surface area contributed by atoms with Gasteiger partial charge < -0.3 is 23.8 Å². The van der Waals surface area contributed by atoms with Crippen LogP contribution in [0.2, 0.25) is 0 Å². The minimum atomic E-state index is -0.831. The zero-order valence-electron chi connectivity index (χ0n) is 23.3. The molecule has 3 heterocycles. The van der Waals surface area contributed by atoms with Gasteiger partial charge in [0.2, 0.25) is 0 Å². The molecule has 4 aromatic carbocycles. The lowest BCUT2D eigenvalue weighted by atomic mass is 9.80. The van der Waals surface area contributed by atoms with E-state index in [1.165, 1.54) is 11.3 Å². The molecule has 0 unspecified atom stereocenters. The van der Waals surface area contributed by atoms with Crippen molar-refractivity contribution in [3.8, 4) is 0 Å². The summed E-state index contributed by atoms with van der Waals surface area (Å²) in [6.07, 6.45) is -0.0993. The maximum atomic E-state index is 7.16. The molecule has 0 bridgehead atoms. The molecular weight excluding hydrogens is 578 g/mol. The van der Waals surface area contributed by atoms with Crippen molar-refractivity contribution in [3.05, 3.63) is 136 Å². The molecule has 3 aliphatic rings. The summed E-state index contributed by atoms with van der Waals surface area (Å²) in [4.78, 5) is 2.34. The standard InChI is InChI=1S/C35H34BrNO4/c1-34(2)40-31-30(39-33(32(31)41-34)37-21-20-24-22-28(36)18-19-29(24)37)23-38-35(25-12-6-3-7-13-25,26-14-8-4-9-15-26)27-16-10-5-11-17-27/h3-19,22,30-33H,20-21,23H2,1-2H3/t30-,31-,32-,33+/m1/s1. The molecule has 0 amide bonds. The number of ether oxygens (including phenoxy) is 4. The lowest BCUT2D eigenvalue weighted by Gasteiger charge is -2.37. The van der Waals surface area contributed by atoms with E-state index in [-0.39, 0.29) is 24.5 Å². The average Bonchev–Trinajstić information content (AvgIpc) is 3.65. The van der Waals surface area contributed by atoms with Crippen LogP contribution >= 0.6 is 15.9 Å². The van der Waals surface area contributed by atoms with Crippen LogP contribution in [0.15, 0.2) is 114 Å². The summed E-state index contributed by atoms with van der Waals surface area (Å²) in [6, 6.07) is 37.8. The normalized spacial score (nSPS) is 24.8. The summed E-state index contributed by atoms with van der Waals surface area (Å²) < 4.78 is 28.1. The largest absolute Gasteiger partial charge is 0.358 e. The molecule has 7 rings (SSSR count). The van der Waals surface area contributed by atoms with Gasteiger partial charge in [-0.2, -0.15) is 0 Å². The molecule has 4 atom stereocenters. The van der Waals surface area contributed by atoms with Gasteiger partial charge in [0.15, 0.2) is 12.0 Å². The first-order chi connectivity index (χ1) is 19.9. The lowest BCUT2D eigenvalue weighted by molar-refractivity contribution is -0.195. The first-order valence-electron chi connectivity index (χ1n) is 14.3. The smallest absolute Gasteiger partial charge is 0.164 e. The van der Waals surface area contributed by atoms with Crippen molar-refractivity contribution < 1.29 is 18.9 Å². The Morgan fingerprint density at radius 3 is 1.95 bits per heavy atom. The van der Waals surface area contributed by atoms with Crippen molar-refractivity contribution in [2.45, 2.75) is 56.2 Å². The Bertz CT molecular complexity index is 1400. The van der Waals surface area contributed by atoms with Crippen LogP contribution in [-0.4, -0.2) is 43.5 Å². The monoisotopic (exact) mass is 611 g/mol. The van der Waals surface area contributed by atoms with Gasteiger partial charge in [0.05, 0.1) is 6.61 Å². The highest BCUT2D eigenvalue weighted by Gasteiger charge is 2.58. The summed E-state index contributed by atoms with van der Waals surface area (Å²) in [5.74, 6) is -0.701. The van der Waals surface area contributed by atoms with Gasteiger partial charge in [-0.1, -0.05) is 107 Å². The molecule has 2 saturated heterocycles. The van der Waals surface area contributed by atoms with Gasteiger partial charge in [0.25, 0.3) is 0 Å². The third-order valence-corrected chi connectivity index (χ3v) is 8.90. The Morgan fingerprint density at radius 2 is 1.37 bits per heavy atom. The number of hydrogen-bond acceptors (Lipinski definition) is 5. The third-order valence-electron chi connectivity index (χ3n) is 8.41. The number of anilines is 1. The number of nitrogens with zero attached hydrogens (tertiary/aromatic N) is 1. The van der Waals surface area contributed by atoms with Gasteiger partial charge in [-0.05, 0) is 60.7 Å². The summed E-state index contributed by atoms with van der Waals surface area (Å²) in [7, 11) is 0. The molecule has 210 valence electrons. The van der Waals surface area contributed by atoms with Crippen LogP contribution in [0.1, 0.15) is 36.1 Å². The highest BCUT2D eigenvalue weighted by Crippen LogP contribution is 2.45. The highest BCUT2D eigenvalue weighted by atomic mass is 79.9. The van der Waals surface area contributed by atoms with E-state index in [0.29, 0.717) is 6.61 Å². The Kier molecular flexibility index (Phi) is 7.00. The number of rotatable bonds is 7. The second-order valence-electron chi connectivity index (χ2n) is 11.4. The molecule has 0 aromatic heterocycles. The third kappa shape index (κ3) is 4.82. The predicted octanol–water partition coefficient (Wildman–Crippen LogP) is 7.07. The van der Waals surface area contributed by atoms with Crippen molar-refractivity contribution >= 4 is 21.6 Å². The lowest BCUT2D eigenvalue weighted by Crippen LogP contribution is -2.43. The second kappa shape index (κ2) is 10.7. The van der Waals surface area contributed by atoms with E-state index in [1.54, 1.807) is 0 Å². The number of halogens is 1. The summed E-state index contributed by atoms with van der Waals surface area (Å²) in [6.45, 7) is 5.17. The molecule has 0 N–H and O–H groups in total. The molecule has 0 saturated carbocycles. The fraction of sp³-hybridized carbons (Fsp3) is 0.314. The van der Waals surface area contributed by atoms with Crippen molar-refractivity contribution in [3.63, 3.8) is 0 Å². The highest BCUT2D eigenvalue weighted by molar-refractivity contribution is 9.10. The minimum Gasteiger partial charge on any atom is -0.358 e. The molecule has 41 heavy (non-hydrogen) atoms. The zero-order chi connectivity index (χ0) is 28.0. The molecule has 0 aliphatic carbocycles. The zero-order valence-corrected chi connectivity index (χ0v) is 24.9. The number of hydrogen-bond donors (Lipinski definition) is 0. The molecule has 4 aromatic rings. The molecular formula is C35H34BrNO4. The topological polar surface area (TPSA) is 40.2 Å². The minimum absolute atomic E-state index is 0.229. The van der Waals surface area contributed by atoms with Crippen LogP contribution in [0.5, 0.6) is 0 Å². The van der Waals surface area contributed by atoms with Crippen molar-refractivity contribution in [2.24, 2.45) is 0 Å². The number of fused-ring (bicyclic) bond motifs is 2. The van der Waals surface area contributed by atoms with E-state index in [2.05, 4.69) is 112 Å². The summed E-state index contributed by atoms with van der Waals surface area (Å²) >= 11 is 3.62. The quantitative estimate of drug-likeness (QED) is 0.209. The molecule has 0 radical (unpaired) electrons. The van der Waals surface area contributed by atoms with E-state index in [0.717, 1.165) is 34.1 Å². The van der Waals surface area contributed by atoms with Gasteiger partial charge in [0, 0.05) is 16.7 Å². The van der Waals surface area contributed by atoms with E-state index < -0.39 is 11.4 Å². The molecule has 2 fully saturated rings. The van der Waals surface area contributed by atoms with E-state index >= 15 is 0 Å². The average molecular weight is 613 g/mol. The van der Waals surface area contributed by atoms with Gasteiger partial charge in [0.1, 0.15) is 23.9 Å². The summed E-state index contributed by atoms with van der Waals surface area (Å²) in [5.41, 5.74) is 4.86. The Labute approximate surface area is 250 Å².